The number of halogens is 1. The molecular formula is C20H19BrN4S. The molecule has 2 aromatic carbocycles. The third-order valence-corrected chi connectivity index (χ3v) is 6.11. The Morgan fingerprint density at radius 2 is 1.81 bits per heavy atom. The summed E-state index contributed by atoms with van der Waals surface area (Å²) in [6.45, 7) is 3.09. The predicted octanol–water partition coefficient (Wildman–Crippen LogP) is 5.51. The Kier molecular flexibility index (Phi) is 4.87. The van der Waals surface area contributed by atoms with Crippen LogP contribution in [0.25, 0.3) is 22.3 Å². The monoisotopic (exact) mass is 426 g/mol. The van der Waals surface area contributed by atoms with Gasteiger partial charge in [0.1, 0.15) is 0 Å². The minimum absolute atomic E-state index is 0.871. The number of hydrogen-bond donors (Lipinski definition) is 0. The molecule has 6 heteroatoms. The molecule has 0 aliphatic rings. The van der Waals surface area contributed by atoms with Gasteiger partial charge in [0.05, 0.1) is 0 Å². The van der Waals surface area contributed by atoms with E-state index in [2.05, 4.69) is 96.9 Å². The lowest BCUT2D eigenvalue weighted by atomic mass is 10.1. The summed E-state index contributed by atoms with van der Waals surface area (Å²) in [4.78, 5) is 0. The number of benzene rings is 2. The molecule has 0 unspecified atom stereocenters. The molecule has 4 rings (SSSR count). The Labute approximate surface area is 165 Å². The largest absolute Gasteiger partial charge is 0.347 e. The molecule has 0 N–H and O–H groups in total. The van der Waals surface area contributed by atoms with E-state index in [4.69, 9.17) is 0 Å². The molecule has 0 atom stereocenters. The van der Waals surface area contributed by atoms with Crippen molar-refractivity contribution in [1.82, 2.24) is 19.3 Å². The van der Waals surface area contributed by atoms with Gasteiger partial charge in [-0.1, -0.05) is 58.0 Å². The highest BCUT2D eigenvalue weighted by Crippen LogP contribution is 2.31. The summed E-state index contributed by atoms with van der Waals surface area (Å²) in [5.74, 6) is 1.78. The summed E-state index contributed by atoms with van der Waals surface area (Å²) in [6, 6.07) is 16.9. The van der Waals surface area contributed by atoms with Crippen molar-refractivity contribution in [2.75, 3.05) is 0 Å². The quantitative estimate of drug-likeness (QED) is 0.394. The average molecular weight is 427 g/mol. The van der Waals surface area contributed by atoms with Crippen molar-refractivity contribution < 1.29 is 0 Å². The molecular weight excluding hydrogens is 408 g/mol. The minimum Gasteiger partial charge on any atom is -0.347 e. The molecule has 132 valence electrons. The molecule has 0 aliphatic heterocycles. The summed E-state index contributed by atoms with van der Waals surface area (Å²) >= 11 is 5.18. The fourth-order valence-corrected chi connectivity index (χ4v) is 4.22. The van der Waals surface area contributed by atoms with Crippen molar-refractivity contribution in [3.8, 4) is 11.4 Å². The normalized spacial score (nSPS) is 11.3. The lowest BCUT2D eigenvalue weighted by Crippen LogP contribution is -1.95. The van der Waals surface area contributed by atoms with Crippen LogP contribution in [0.2, 0.25) is 0 Å². The van der Waals surface area contributed by atoms with E-state index in [-0.39, 0.29) is 0 Å². The van der Waals surface area contributed by atoms with Gasteiger partial charge in [-0.3, -0.25) is 0 Å². The Morgan fingerprint density at radius 3 is 2.58 bits per heavy atom. The van der Waals surface area contributed by atoms with E-state index in [0.29, 0.717) is 0 Å². The maximum atomic E-state index is 4.48. The van der Waals surface area contributed by atoms with Crippen molar-refractivity contribution >= 4 is 38.6 Å². The van der Waals surface area contributed by atoms with Crippen LogP contribution in [0.1, 0.15) is 12.5 Å². The number of hydrogen-bond acceptors (Lipinski definition) is 3. The number of nitrogens with zero attached hydrogens (tertiary/aromatic N) is 4. The van der Waals surface area contributed by atoms with E-state index in [1.807, 2.05) is 7.05 Å². The van der Waals surface area contributed by atoms with Crippen molar-refractivity contribution in [2.24, 2.45) is 7.05 Å². The van der Waals surface area contributed by atoms with Gasteiger partial charge in [0.25, 0.3) is 0 Å². The fourth-order valence-electron chi connectivity index (χ4n) is 3.09. The molecule has 4 nitrogen and oxygen atoms in total. The van der Waals surface area contributed by atoms with Gasteiger partial charge in [-0.15, -0.1) is 10.2 Å². The fraction of sp³-hybridized carbons (Fsp3) is 0.200. The van der Waals surface area contributed by atoms with Gasteiger partial charge in [0.15, 0.2) is 11.0 Å². The lowest BCUT2D eigenvalue weighted by Gasteiger charge is -2.04. The van der Waals surface area contributed by atoms with Crippen LogP contribution >= 0.6 is 27.7 Å². The molecule has 26 heavy (non-hydrogen) atoms. The molecule has 0 fully saturated rings. The molecule has 4 aromatic rings. The van der Waals surface area contributed by atoms with Gasteiger partial charge in [-0.2, -0.15) is 0 Å². The van der Waals surface area contributed by atoms with Crippen LogP contribution in [0, 0.1) is 0 Å². The zero-order chi connectivity index (χ0) is 18.1. The smallest absolute Gasteiger partial charge is 0.191 e. The van der Waals surface area contributed by atoms with Gasteiger partial charge in [0.2, 0.25) is 0 Å². The first-order chi connectivity index (χ1) is 12.7. The zero-order valence-electron chi connectivity index (χ0n) is 14.7. The molecule has 0 radical (unpaired) electrons. The number of aromatic nitrogens is 4. The second-order valence-corrected chi connectivity index (χ2v) is 7.98. The first-order valence-electron chi connectivity index (χ1n) is 8.52. The van der Waals surface area contributed by atoms with Gasteiger partial charge in [0, 0.05) is 46.5 Å². The highest BCUT2D eigenvalue weighted by molar-refractivity contribution is 9.10. The third kappa shape index (κ3) is 3.19. The van der Waals surface area contributed by atoms with Crippen LogP contribution in [0.3, 0.4) is 0 Å². The van der Waals surface area contributed by atoms with Gasteiger partial charge >= 0.3 is 0 Å². The third-order valence-electron chi connectivity index (χ3n) is 4.49. The number of para-hydroxylation sites is 1. The maximum absolute atomic E-state index is 4.48. The van der Waals surface area contributed by atoms with Crippen LogP contribution in [-0.2, 0) is 19.3 Å². The Balaban J connectivity index is 1.64. The van der Waals surface area contributed by atoms with Gasteiger partial charge < -0.3 is 9.13 Å². The minimum atomic E-state index is 0.871. The Morgan fingerprint density at radius 1 is 1.04 bits per heavy atom. The van der Waals surface area contributed by atoms with Crippen LogP contribution in [-0.4, -0.2) is 19.3 Å². The number of fused-ring (bicyclic) bond motifs is 1. The van der Waals surface area contributed by atoms with Crippen molar-refractivity contribution in [3.63, 3.8) is 0 Å². The molecule has 0 spiro atoms. The van der Waals surface area contributed by atoms with Crippen molar-refractivity contribution in [1.29, 1.82) is 0 Å². The molecule has 0 saturated carbocycles. The van der Waals surface area contributed by atoms with Gasteiger partial charge in [-0.25, -0.2) is 0 Å². The first kappa shape index (κ1) is 17.4. The average Bonchev–Trinajstić information content (AvgIpc) is 3.21. The first-order valence-corrected chi connectivity index (χ1v) is 10.3. The summed E-state index contributed by atoms with van der Waals surface area (Å²) in [5, 5.41) is 11.0. The Bertz CT molecular complexity index is 1050. The predicted molar refractivity (Wildman–Crippen MR) is 111 cm³/mol. The molecule has 0 bridgehead atoms. The summed E-state index contributed by atoms with van der Waals surface area (Å²) in [7, 11) is 2.04. The Hall–Kier alpha value is -2.05. The second-order valence-electron chi connectivity index (χ2n) is 6.13. The number of aryl methyl sites for hydroxylation is 1. The molecule has 2 heterocycles. The topological polar surface area (TPSA) is 35.6 Å². The molecule has 0 amide bonds. The number of thioether (sulfide) groups is 1. The highest BCUT2D eigenvalue weighted by atomic mass is 79.9. The summed E-state index contributed by atoms with van der Waals surface area (Å²) < 4.78 is 5.44. The zero-order valence-corrected chi connectivity index (χ0v) is 17.1. The van der Waals surface area contributed by atoms with E-state index in [1.54, 1.807) is 11.8 Å². The van der Waals surface area contributed by atoms with Crippen LogP contribution in [0.15, 0.2) is 64.4 Å². The molecule has 0 saturated heterocycles. The molecule has 2 aromatic heterocycles. The van der Waals surface area contributed by atoms with E-state index in [9.17, 15) is 0 Å². The lowest BCUT2D eigenvalue weighted by molar-refractivity contribution is 0.787. The van der Waals surface area contributed by atoms with Crippen molar-refractivity contribution in [2.45, 2.75) is 24.4 Å². The van der Waals surface area contributed by atoms with Gasteiger partial charge in [-0.05, 0) is 30.7 Å². The summed E-state index contributed by atoms with van der Waals surface area (Å²) in [5.41, 5.74) is 3.63. The van der Waals surface area contributed by atoms with Crippen LogP contribution in [0.5, 0.6) is 0 Å². The van der Waals surface area contributed by atoms with Crippen LogP contribution < -0.4 is 0 Å². The SMILES string of the molecule is CCn1cc(-c2nnc(SCc3ccc(Br)cc3)n2C)c2ccccc21. The maximum Gasteiger partial charge on any atom is 0.191 e. The van der Waals surface area contributed by atoms with Crippen LogP contribution in [0.4, 0.5) is 0 Å². The second kappa shape index (κ2) is 7.29. The standard InChI is InChI=1S/C20H19BrN4S/c1-3-25-12-17(16-6-4-5-7-18(16)25)19-22-23-20(24(19)2)26-13-14-8-10-15(21)11-9-14/h4-12H,3,13H2,1-2H3. The van der Waals surface area contributed by atoms with E-state index in [1.165, 1.54) is 16.5 Å². The van der Waals surface area contributed by atoms with Crippen molar-refractivity contribution in [3.05, 3.63) is 64.8 Å². The van der Waals surface area contributed by atoms with E-state index < -0.39 is 0 Å². The molecule has 0 aliphatic carbocycles. The summed E-state index contributed by atoms with van der Waals surface area (Å²) in [6.07, 6.45) is 2.18. The van der Waals surface area contributed by atoms with E-state index in [0.717, 1.165) is 33.3 Å². The van der Waals surface area contributed by atoms with E-state index >= 15 is 0 Å². The number of rotatable bonds is 5. The highest BCUT2D eigenvalue weighted by Gasteiger charge is 2.16.